The number of halogens is 1. The Labute approximate surface area is 159 Å². The van der Waals surface area contributed by atoms with Gasteiger partial charge >= 0.3 is 0 Å². The number of nitrogens with one attached hydrogen (secondary N) is 1. The molecule has 0 fully saturated rings. The van der Waals surface area contributed by atoms with Gasteiger partial charge in [0.1, 0.15) is 0 Å². The lowest BCUT2D eigenvalue weighted by atomic mass is 10.2. The van der Waals surface area contributed by atoms with Crippen LogP contribution in [-0.4, -0.2) is 39.8 Å². The first-order chi connectivity index (χ1) is 12.6. The fraction of sp³-hybridized carbons (Fsp3) is 0.350. The summed E-state index contributed by atoms with van der Waals surface area (Å²) >= 11 is 6.26. The molecule has 2 rings (SSSR count). The molecule has 26 heavy (non-hydrogen) atoms. The minimum absolute atomic E-state index is 0.200. The summed E-state index contributed by atoms with van der Waals surface area (Å²) in [6.07, 6.45) is 0.858. The van der Waals surface area contributed by atoms with Gasteiger partial charge in [-0.2, -0.15) is 0 Å². The lowest BCUT2D eigenvalue weighted by molar-refractivity contribution is 0.0954. The maximum Gasteiger partial charge on any atom is 0.251 e. The van der Waals surface area contributed by atoms with E-state index in [0.717, 1.165) is 12.1 Å². The van der Waals surface area contributed by atoms with Gasteiger partial charge < -0.3 is 19.7 Å². The van der Waals surface area contributed by atoms with Gasteiger partial charge in [0.15, 0.2) is 11.5 Å². The largest absolute Gasteiger partial charge is 0.493 e. The molecular weight excluding hydrogens is 352 g/mol. The first kappa shape index (κ1) is 19.9. The number of anilines is 1. The summed E-state index contributed by atoms with van der Waals surface area (Å²) < 4.78 is 10.9. The summed E-state index contributed by atoms with van der Waals surface area (Å²) in [6, 6.07) is 13.3. The Morgan fingerprint density at radius 1 is 1.23 bits per heavy atom. The minimum atomic E-state index is -0.200. The third kappa shape index (κ3) is 5.30. The van der Waals surface area contributed by atoms with Crippen molar-refractivity contribution < 1.29 is 14.3 Å². The van der Waals surface area contributed by atoms with Crippen molar-refractivity contribution in [3.63, 3.8) is 0 Å². The van der Waals surface area contributed by atoms with E-state index in [4.69, 9.17) is 21.1 Å². The molecule has 0 saturated carbocycles. The molecule has 1 amide bonds. The van der Waals surface area contributed by atoms with E-state index in [1.807, 2.05) is 44.3 Å². The molecule has 1 N–H and O–H groups in total. The van der Waals surface area contributed by atoms with E-state index < -0.39 is 0 Å². The summed E-state index contributed by atoms with van der Waals surface area (Å²) in [6.45, 7) is 3.75. The summed E-state index contributed by atoms with van der Waals surface area (Å²) in [7, 11) is 3.52. The predicted molar refractivity (Wildman–Crippen MR) is 106 cm³/mol. The molecule has 0 aromatic heterocycles. The fourth-order valence-electron chi connectivity index (χ4n) is 2.45. The van der Waals surface area contributed by atoms with Crippen LogP contribution in [0, 0.1) is 0 Å². The molecule has 6 heteroatoms. The zero-order valence-electron chi connectivity index (χ0n) is 15.4. The number of amides is 1. The summed E-state index contributed by atoms with van der Waals surface area (Å²) in [5, 5.41) is 3.27. The molecule has 0 saturated heterocycles. The fourth-order valence-corrected chi connectivity index (χ4v) is 2.71. The van der Waals surface area contributed by atoms with Gasteiger partial charge in [-0.3, -0.25) is 4.79 Å². The molecule has 0 aliphatic rings. The van der Waals surface area contributed by atoms with Crippen molar-refractivity contribution in [3.05, 3.63) is 53.1 Å². The van der Waals surface area contributed by atoms with Crippen LogP contribution in [-0.2, 0) is 0 Å². The summed E-state index contributed by atoms with van der Waals surface area (Å²) in [5.41, 5.74) is 1.54. The van der Waals surface area contributed by atoms with Crippen molar-refractivity contribution in [1.29, 1.82) is 0 Å². The Morgan fingerprint density at radius 2 is 1.96 bits per heavy atom. The van der Waals surface area contributed by atoms with E-state index in [1.54, 1.807) is 12.1 Å². The Hall–Kier alpha value is -2.40. The van der Waals surface area contributed by atoms with Gasteiger partial charge in [0, 0.05) is 31.4 Å². The number of likely N-dealkylation sites (N-methyl/N-ethyl adjacent to an activating group) is 1. The van der Waals surface area contributed by atoms with Crippen LogP contribution >= 0.6 is 11.6 Å². The van der Waals surface area contributed by atoms with Crippen LogP contribution in [0.4, 0.5) is 5.69 Å². The van der Waals surface area contributed by atoms with Gasteiger partial charge in [-0.05, 0) is 30.7 Å². The monoisotopic (exact) mass is 376 g/mol. The molecule has 0 aliphatic carbocycles. The number of methoxy groups -OCH3 is 1. The second-order valence-corrected chi connectivity index (χ2v) is 6.26. The molecule has 5 nitrogen and oxygen atoms in total. The average Bonchev–Trinajstić information content (AvgIpc) is 2.66. The number of carbonyl (C=O) groups is 1. The molecule has 0 heterocycles. The van der Waals surface area contributed by atoms with Crippen LogP contribution < -0.4 is 19.7 Å². The van der Waals surface area contributed by atoms with Crippen LogP contribution in [0.3, 0.4) is 0 Å². The van der Waals surface area contributed by atoms with Crippen molar-refractivity contribution >= 4 is 23.2 Å². The lowest BCUT2D eigenvalue weighted by Crippen LogP contribution is -2.33. The second-order valence-electron chi connectivity index (χ2n) is 5.85. The molecule has 0 atom stereocenters. The van der Waals surface area contributed by atoms with Crippen LogP contribution in [0.5, 0.6) is 11.5 Å². The van der Waals surface area contributed by atoms with Crippen molar-refractivity contribution in [1.82, 2.24) is 5.32 Å². The SMILES string of the molecule is CCCOc1c(Cl)cc(C(=O)NCCN(C)c2ccccc2)cc1OC. The molecular formula is C20H25ClN2O3. The molecule has 2 aromatic carbocycles. The van der Waals surface area contributed by atoms with E-state index in [9.17, 15) is 4.79 Å². The van der Waals surface area contributed by atoms with Crippen molar-refractivity contribution in [2.75, 3.05) is 38.8 Å². The van der Waals surface area contributed by atoms with Crippen LogP contribution in [0.15, 0.2) is 42.5 Å². The lowest BCUT2D eigenvalue weighted by Gasteiger charge is -2.19. The Morgan fingerprint density at radius 3 is 2.62 bits per heavy atom. The van der Waals surface area contributed by atoms with Gasteiger partial charge in [-0.25, -0.2) is 0 Å². The van der Waals surface area contributed by atoms with Gasteiger partial charge in [-0.15, -0.1) is 0 Å². The van der Waals surface area contributed by atoms with E-state index in [-0.39, 0.29) is 5.91 Å². The predicted octanol–water partition coefficient (Wildman–Crippen LogP) is 4.00. The Kier molecular flexibility index (Phi) is 7.60. The standard InChI is InChI=1S/C20H25ClN2O3/c1-4-12-26-19-17(21)13-15(14-18(19)25-3)20(24)22-10-11-23(2)16-8-6-5-7-9-16/h5-9,13-14H,4,10-12H2,1-3H3,(H,22,24). The first-order valence-electron chi connectivity index (χ1n) is 8.61. The molecule has 2 aromatic rings. The Bertz CT molecular complexity index is 722. The number of nitrogens with zero attached hydrogens (tertiary/aromatic N) is 1. The van der Waals surface area contributed by atoms with Gasteiger partial charge in [-0.1, -0.05) is 36.7 Å². The third-order valence-corrected chi connectivity index (χ3v) is 4.15. The molecule has 0 spiro atoms. The molecule has 0 unspecified atom stereocenters. The second kappa shape index (κ2) is 9.92. The summed E-state index contributed by atoms with van der Waals surface area (Å²) in [5.74, 6) is 0.725. The number of para-hydroxylation sites is 1. The van der Waals surface area contributed by atoms with Crippen molar-refractivity contribution in [3.8, 4) is 11.5 Å². The van der Waals surface area contributed by atoms with Crippen molar-refractivity contribution in [2.45, 2.75) is 13.3 Å². The normalized spacial score (nSPS) is 10.3. The number of carbonyl (C=O) groups excluding carboxylic acids is 1. The van der Waals surface area contributed by atoms with Crippen LogP contribution in [0.1, 0.15) is 23.7 Å². The number of hydrogen-bond donors (Lipinski definition) is 1. The van der Waals surface area contributed by atoms with E-state index in [1.165, 1.54) is 7.11 Å². The van der Waals surface area contributed by atoms with Crippen molar-refractivity contribution in [2.24, 2.45) is 0 Å². The molecule has 140 valence electrons. The highest BCUT2D eigenvalue weighted by Gasteiger charge is 2.15. The van der Waals surface area contributed by atoms with Gasteiger partial charge in [0.2, 0.25) is 0 Å². The van der Waals surface area contributed by atoms with E-state index in [2.05, 4.69) is 10.2 Å². The highest BCUT2D eigenvalue weighted by atomic mass is 35.5. The molecule has 0 aliphatic heterocycles. The highest BCUT2D eigenvalue weighted by Crippen LogP contribution is 2.36. The minimum Gasteiger partial charge on any atom is -0.493 e. The van der Waals surface area contributed by atoms with Crippen LogP contribution in [0.2, 0.25) is 5.02 Å². The summed E-state index contributed by atoms with van der Waals surface area (Å²) in [4.78, 5) is 14.5. The number of benzene rings is 2. The van der Waals surface area contributed by atoms with E-state index >= 15 is 0 Å². The maximum atomic E-state index is 12.4. The Balaban J connectivity index is 1.97. The number of ether oxygens (including phenoxy) is 2. The number of hydrogen-bond acceptors (Lipinski definition) is 4. The first-order valence-corrected chi connectivity index (χ1v) is 8.99. The smallest absolute Gasteiger partial charge is 0.251 e. The van der Waals surface area contributed by atoms with Gasteiger partial charge in [0.05, 0.1) is 18.7 Å². The van der Waals surface area contributed by atoms with E-state index in [0.29, 0.717) is 41.8 Å². The van der Waals surface area contributed by atoms with Crippen LogP contribution in [0.25, 0.3) is 0 Å². The molecule has 0 radical (unpaired) electrons. The zero-order valence-corrected chi connectivity index (χ0v) is 16.2. The quantitative estimate of drug-likeness (QED) is 0.718. The zero-order chi connectivity index (χ0) is 18.9. The highest BCUT2D eigenvalue weighted by molar-refractivity contribution is 6.32. The maximum absolute atomic E-state index is 12.4. The molecule has 0 bridgehead atoms. The number of rotatable bonds is 9. The van der Waals surface area contributed by atoms with Gasteiger partial charge in [0.25, 0.3) is 5.91 Å². The topological polar surface area (TPSA) is 50.8 Å². The average molecular weight is 377 g/mol. The third-order valence-electron chi connectivity index (χ3n) is 3.87.